The maximum atomic E-state index is 11.9. The molecule has 2 aromatic rings. The van der Waals surface area contributed by atoms with Crippen LogP contribution >= 0.6 is 0 Å². The summed E-state index contributed by atoms with van der Waals surface area (Å²) in [5, 5.41) is 8.70. The molecule has 100 valence electrons. The van der Waals surface area contributed by atoms with Crippen LogP contribution in [0, 0.1) is 11.3 Å². The molecule has 0 radical (unpaired) electrons. The predicted octanol–water partition coefficient (Wildman–Crippen LogP) is 2.92. The monoisotopic (exact) mass is 267 g/mol. The number of methoxy groups -OCH3 is 1. The van der Waals surface area contributed by atoms with E-state index in [9.17, 15) is 4.79 Å². The van der Waals surface area contributed by atoms with E-state index in [1.165, 1.54) is 0 Å². The fourth-order valence-corrected chi connectivity index (χ4v) is 1.73. The van der Waals surface area contributed by atoms with Gasteiger partial charge < -0.3 is 9.47 Å². The number of ether oxygens (including phenoxy) is 2. The largest absolute Gasteiger partial charge is 0.496 e. The number of carbonyl (C=O) groups excluding carboxylic acids is 1. The Bertz CT molecular complexity index is 642. The molecule has 4 heteroatoms. The van der Waals surface area contributed by atoms with Gasteiger partial charge in [-0.3, -0.25) is 0 Å². The number of nitrogens with zero attached hydrogens (tertiary/aromatic N) is 1. The molecule has 0 amide bonds. The van der Waals surface area contributed by atoms with Crippen molar-refractivity contribution in [2.45, 2.75) is 6.61 Å². The van der Waals surface area contributed by atoms with E-state index in [4.69, 9.17) is 14.7 Å². The Morgan fingerprint density at radius 2 is 1.85 bits per heavy atom. The third-order valence-electron chi connectivity index (χ3n) is 2.80. The van der Waals surface area contributed by atoms with E-state index < -0.39 is 5.97 Å². The van der Waals surface area contributed by atoms with E-state index >= 15 is 0 Å². The zero-order valence-corrected chi connectivity index (χ0v) is 11.0. The summed E-state index contributed by atoms with van der Waals surface area (Å²) >= 11 is 0. The molecule has 0 aliphatic rings. The zero-order chi connectivity index (χ0) is 14.4. The highest BCUT2D eigenvalue weighted by atomic mass is 16.5. The Kier molecular flexibility index (Phi) is 4.35. The first-order valence-electron chi connectivity index (χ1n) is 6.04. The Hall–Kier alpha value is -2.80. The molecule has 0 unspecified atom stereocenters. The van der Waals surface area contributed by atoms with Crippen LogP contribution in [0.2, 0.25) is 0 Å². The Morgan fingerprint density at radius 1 is 1.15 bits per heavy atom. The van der Waals surface area contributed by atoms with Crippen LogP contribution in [0.3, 0.4) is 0 Å². The molecule has 0 bridgehead atoms. The van der Waals surface area contributed by atoms with Crippen LogP contribution in [0.25, 0.3) is 0 Å². The molecule has 0 atom stereocenters. The number of carbonyl (C=O) groups is 1. The minimum absolute atomic E-state index is 0.142. The molecule has 2 rings (SSSR count). The molecule has 0 aliphatic carbocycles. The van der Waals surface area contributed by atoms with Crippen molar-refractivity contribution in [3.8, 4) is 11.8 Å². The van der Waals surface area contributed by atoms with Crippen LogP contribution in [0.1, 0.15) is 21.5 Å². The van der Waals surface area contributed by atoms with Crippen LogP contribution in [0.5, 0.6) is 5.75 Å². The summed E-state index contributed by atoms with van der Waals surface area (Å²) in [6.45, 7) is 0.142. The third kappa shape index (κ3) is 3.15. The molecule has 0 heterocycles. The number of esters is 1. The van der Waals surface area contributed by atoms with Gasteiger partial charge in [-0.05, 0) is 30.3 Å². The van der Waals surface area contributed by atoms with Gasteiger partial charge in [-0.1, -0.05) is 18.2 Å². The van der Waals surface area contributed by atoms with Gasteiger partial charge in [-0.15, -0.1) is 0 Å². The molecule has 20 heavy (non-hydrogen) atoms. The first-order chi connectivity index (χ1) is 9.74. The van der Waals surface area contributed by atoms with Gasteiger partial charge in [0, 0.05) is 5.56 Å². The van der Waals surface area contributed by atoms with E-state index in [0.717, 1.165) is 5.56 Å². The number of hydrogen-bond donors (Lipinski definition) is 0. The summed E-state index contributed by atoms with van der Waals surface area (Å²) in [5.41, 5.74) is 1.72. The number of para-hydroxylation sites is 1. The van der Waals surface area contributed by atoms with Gasteiger partial charge in [0.05, 0.1) is 24.3 Å². The van der Waals surface area contributed by atoms with Crippen molar-refractivity contribution in [1.82, 2.24) is 0 Å². The summed E-state index contributed by atoms with van der Waals surface area (Å²) in [5.74, 6) is 0.250. The van der Waals surface area contributed by atoms with Crippen molar-refractivity contribution in [3.63, 3.8) is 0 Å². The SMILES string of the molecule is COc1ccccc1COC(=O)c1ccc(C#N)cc1. The molecule has 0 N–H and O–H groups in total. The van der Waals surface area contributed by atoms with Gasteiger partial charge in [0.25, 0.3) is 0 Å². The van der Waals surface area contributed by atoms with Crippen LogP contribution < -0.4 is 4.74 Å². The average Bonchev–Trinajstić information content (AvgIpc) is 2.53. The maximum absolute atomic E-state index is 11.9. The Labute approximate surface area is 117 Å². The fourth-order valence-electron chi connectivity index (χ4n) is 1.73. The second-order valence-electron chi connectivity index (χ2n) is 4.08. The lowest BCUT2D eigenvalue weighted by Gasteiger charge is -2.09. The van der Waals surface area contributed by atoms with Gasteiger partial charge >= 0.3 is 5.97 Å². The topological polar surface area (TPSA) is 59.3 Å². The van der Waals surface area contributed by atoms with Crippen molar-refractivity contribution in [1.29, 1.82) is 5.26 Å². The number of rotatable bonds is 4. The number of hydrogen-bond acceptors (Lipinski definition) is 4. The minimum Gasteiger partial charge on any atom is -0.496 e. The molecule has 0 aliphatic heterocycles. The molecular weight excluding hydrogens is 254 g/mol. The second kappa shape index (κ2) is 6.39. The van der Waals surface area contributed by atoms with Gasteiger partial charge in [-0.2, -0.15) is 5.26 Å². The van der Waals surface area contributed by atoms with E-state index in [1.807, 2.05) is 30.3 Å². The summed E-state index contributed by atoms with van der Waals surface area (Å²) in [6.07, 6.45) is 0. The van der Waals surface area contributed by atoms with E-state index in [2.05, 4.69) is 0 Å². The second-order valence-corrected chi connectivity index (χ2v) is 4.08. The van der Waals surface area contributed by atoms with Crippen molar-refractivity contribution in [3.05, 3.63) is 65.2 Å². The van der Waals surface area contributed by atoms with Crippen LogP contribution in [-0.2, 0) is 11.3 Å². The van der Waals surface area contributed by atoms with Gasteiger partial charge in [0.15, 0.2) is 0 Å². The van der Waals surface area contributed by atoms with Gasteiger partial charge in [0.2, 0.25) is 0 Å². The first kappa shape index (κ1) is 13.6. The highest BCUT2D eigenvalue weighted by Gasteiger charge is 2.09. The lowest BCUT2D eigenvalue weighted by atomic mass is 10.1. The van der Waals surface area contributed by atoms with E-state index in [1.54, 1.807) is 31.4 Å². The molecule has 0 saturated carbocycles. The summed E-state index contributed by atoms with van der Waals surface area (Å²) in [7, 11) is 1.57. The van der Waals surface area contributed by atoms with Crippen molar-refractivity contribution in [2.75, 3.05) is 7.11 Å². The molecule has 0 fully saturated rings. The quantitative estimate of drug-likeness (QED) is 0.799. The number of nitriles is 1. The normalized spacial score (nSPS) is 9.60. The molecular formula is C16H13NO3. The molecule has 4 nitrogen and oxygen atoms in total. The first-order valence-corrected chi connectivity index (χ1v) is 6.04. The average molecular weight is 267 g/mol. The standard InChI is InChI=1S/C16H13NO3/c1-19-15-5-3-2-4-14(15)11-20-16(18)13-8-6-12(10-17)7-9-13/h2-9H,11H2,1H3. The lowest BCUT2D eigenvalue weighted by molar-refractivity contribution is 0.0470. The fraction of sp³-hybridized carbons (Fsp3) is 0.125. The van der Waals surface area contributed by atoms with Crippen molar-refractivity contribution < 1.29 is 14.3 Å². The zero-order valence-electron chi connectivity index (χ0n) is 11.0. The van der Waals surface area contributed by atoms with Gasteiger partial charge in [-0.25, -0.2) is 4.79 Å². The molecule has 0 spiro atoms. The summed E-state index contributed by atoms with van der Waals surface area (Å²) < 4.78 is 10.4. The lowest BCUT2D eigenvalue weighted by Crippen LogP contribution is -2.06. The Morgan fingerprint density at radius 3 is 2.50 bits per heavy atom. The molecule has 0 saturated heterocycles. The smallest absolute Gasteiger partial charge is 0.338 e. The third-order valence-corrected chi connectivity index (χ3v) is 2.80. The van der Waals surface area contributed by atoms with Crippen LogP contribution in [0.4, 0.5) is 0 Å². The highest BCUT2D eigenvalue weighted by molar-refractivity contribution is 5.89. The van der Waals surface area contributed by atoms with Crippen molar-refractivity contribution >= 4 is 5.97 Å². The van der Waals surface area contributed by atoms with Crippen LogP contribution in [0.15, 0.2) is 48.5 Å². The highest BCUT2D eigenvalue weighted by Crippen LogP contribution is 2.18. The van der Waals surface area contributed by atoms with Crippen molar-refractivity contribution in [2.24, 2.45) is 0 Å². The maximum Gasteiger partial charge on any atom is 0.338 e. The van der Waals surface area contributed by atoms with E-state index in [-0.39, 0.29) is 6.61 Å². The molecule has 2 aromatic carbocycles. The Balaban J connectivity index is 2.03. The summed E-state index contributed by atoms with van der Waals surface area (Å²) in [4.78, 5) is 11.9. The number of benzene rings is 2. The predicted molar refractivity (Wildman–Crippen MR) is 73.3 cm³/mol. The van der Waals surface area contributed by atoms with Gasteiger partial charge in [0.1, 0.15) is 12.4 Å². The minimum atomic E-state index is -0.430. The molecule has 0 aromatic heterocycles. The summed E-state index contributed by atoms with van der Waals surface area (Å²) in [6, 6.07) is 15.7. The van der Waals surface area contributed by atoms with Crippen LogP contribution in [-0.4, -0.2) is 13.1 Å². The van der Waals surface area contributed by atoms with E-state index in [0.29, 0.717) is 16.9 Å².